The highest BCUT2D eigenvalue weighted by Crippen LogP contribution is 2.48. The second-order valence-corrected chi connectivity index (χ2v) is 10.5. The van der Waals surface area contributed by atoms with Gasteiger partial charge < -0.3 is 36.5 Å². The lowest BCUT2D eigenvalue weighted by Gasteiger charge is -2.19. The molecule has 1 aliphatic rings. The highest BCUT2D eigenvalue weighted by molar-refractivity contribution is 6.34. The van der Waals surface area contributed by atoms with Gasteiger partial charge in [-0.3, -0.25) is 14.4 Å². The third-order valence-corrected chi connectivity index (χ3v) is 6.87. The monoisotopic (exact) mass is 664 g/mol. The number of nitrogens with one attached hydrogen (secondary N) is 4. The van der Waals surface area contributed by atoms with Crippen LogP contribution in [0.5, 0.6) is 6.01 Å². The summed E-state index contributed by atoms with van der Waals surface area (Å²) in [7, 11) is 1.12. The lowest BCUT2D eigenvalue weighted by atomic mass is 10.1. The average molecular weight is 665 g/mol. The molecule has 2 aromatic carbocycles. The topological polar surface area (TPSA) is 200 Å². The first-order chi connectivity index (χ1) is 21.8. The second kappa shape index (κ2) is 14.3. The van der Waals surface area contributed by atoms with Crippen LogP contribution >= 0.6 is 11.6 Å². The molecule has 3 amide bonds. The van der Waals surface area contributed by atoms with Crippen LogP contribution in [0.1, 0.15) is 35.2 Å². The Labute approximate surface area is 264 Å². The molecule has 1 aromatic heterocycles. The van der Waals surface area contributed by atoms with Crippen molar-refractivity contribution in [3.8, 4) is 6.01 Å². The van der Waals surface area contributed by atoms with Crippen molar-refractivity contribution in [2.75, 3.05) is 30.9 Å². The molecule has 1 heterocycles. The van der Waals surface area contributed by atoms with Crippen LogP contribution in [0.15, 0.2) is 48.5 Å². The van der Waals surface area contributed by atoms with Crippen LogP contribution in [0.4, 0.5) is 30.8 Å². The predicted molar refractivity (Wildman–Crippen MR) is 157 cm³/mol. The summed E-state index contributed by atoms with van der Waals surface area (Å²) in [5.74, 6) is -3.86. The van der Waals surface area contributed by atoms with E-state index in [0.717, 1.165) is 12.7 Å². The fourth-order valence-corrected chi connectivity index (χ4v) is 4.28. The molecule has 0 bridgehead atoms. The number of alkyl halides is 3. The summed E-state index contributed by atoms with van der Waals surface area (Å²) in [6, 6.07) is 11.1. The molecule has 6 N–H and O–H groups in total. The molecule has 18 heteroatoms. The Balaban J connectivity index is 1.47. The van der Waals surface area contributed by atoms with E-state index in [2.05, 4.69) is 41.0 Å². The van der Waals surface area contributed by atoms with Gasteiger partial charge in [-0.05, 0) is 61.2 Å². The number of carbonyl (C=O) groups is 4. The summed E-state index contributed by atoms with van der Waals surface area (Å²) in [5.41, 5.74) is 5.70. The van der Waals surface area contributed by atoms with E-state index in [1.54, 1.807) is 12.1 Å². The molecule has 1 atom stereocenters. The van der Waals surface area contributed by atoms with Crippen molar-refractivity contribution in [2.24, 2.45) is 5.73 Å². The molecule has 4 rings (SSSR count). The molecule has 0 aliphatic heterocycles. The third kappa shape index (κ3) is 9.40. The lowest BCUT2D eigenvalue weighted by molar-refractivity contribution is -0.154. The molecule has 46 heavy (non-hydrogen) atoms. The number of esters is 1. The number of ether oxygens (including phenoxy) is 2. The van der Waals surface area contributed by atoms with E-state index in [9.17, 15) is 32.3 Å². The van der Waals surface area contributed by atoms with E-state index in [1.807, 2.05) is 12.1 Å². The molecule has 14 nitrogen and oxygen atoms in total. The van der Waals surface area contributed by atoms with Gasteiger partial charge in [0, 0.05) is 22.8 Å². The number of carbonyl (C=O) groups excluding carboxylic acids is 4. The largest absolute Gasteiger partial charge is 0.467 e. The molecule has 0 saturated heterocycles. The number of primary amides is 1. The van der Waals surface area contributed by atoms with Gasteiger partial charge in [0.25, 0.3) is 5.91 Å². The zero-order valence-electron chi connectivity index (χ0n) is 24.1. The molecular formula is C28H28ClF3N8O6. The summed E-state index contributed by atoms with van der Waals surface area (Å²) in [5, 5.41) is 11.3. The van der Waals surface area contributed by atoms with Gasteiger partial charge in [0.15, 0.2) is 6.61 Å². The van der Waals surface area contributed by atoms with Gasteiger partial charge in [-0.2, -0.15) is 28.1 Å². The normalized spacial score (nSPS) is 13.9. The number of methoxy groups -OCH3 is 1. The van der Waals surface area contributed by atoms with Crippen LogP contribution in [-0.2, 0) is 24.7 Å². The quantitative estimate of drug-likeness (QED) is 0.133. The minimum Gasteiger partial charge on any atom is -0.467 e. The number of aromatic nitrogens is 3. The number of anilines is 3. The number of benzene rings is 2. The first kappa shape index (κ1) is 33.7. The zero-order valence-corrected chi connectivity index (χ0v) is 24.9. The van der Waals surface area contributed by atoms with E-state index < -0.39 is 54.1 Å². The fraction of sp³-hybridized carbons (Fsp3) is 0.321. The van der Waals surface area contributed by atoms with E-state index >= 15 is 0 Å². The Morgan fingerprint density at radius 3 is 2.24 bits per heavy atom. The van der Waals surface area contributed by atoms with E-state index in [0.29, 0.717) is 23.6 Å². The summed E-state index contributed by atoms with van der Waals surface area (Å²) in [6.45, 7) is -1.77. The van der Waals surface area contributed by atoms with Gasteiger partial charge >= 0.3 is 30.0 Å². The van der Waals surface area contributed by atoms with Gasteiger partial charge in [-0.25, -0.2) is 4.79 Å². The van der Waals surface area contributed by atoms with Gasteiger partial charge in [0.1, 0.15) is 6.04 Å². The SMILES string of the molecule is COC(=O)[C@H](CCNC(=O)C(N)=O)NC(=O)c1ccc(Nc2nc(NC3(c4ccc(Cl)cc4)CC3)nc(OCC(F)(F)F)n2)cc1. The highest BCUT2D eigenvalue weighted by atomic mass is 35.5. The lowest BCUT2D eigenvalue weighted by Crippen LogP contribution is -2.45. The maximum atomic E-state index is 12.9. The highest BCUT2D eigenvalue weighted by Gasteiger charge is 2.45. The van der Waals surface area contributed by atoms with E-state index in [1.165, 1.54) is 24.3 Å². The average Bonchev–Trinajstić information content (AvgIpc) is 3.79. The molecule has 1 saturated carbocycles. The maximum Gasteiger partial charge on any atom is 0.422 e. The van der Waals surface area contributed by atoms with Crippen LogP contribution in [0.3, 0.4) is 0 Å². The van der Waals surface area contributed by atoms with Crippen molar-refractivity contribution in [3.63, 3.8) is 0 Å². The van der Waals surface area contributed by atoms with E-state index in [4.69, 9.17) is 22.1 Å². The summed E-state index contributed by atoms with van der Waals surface area (Å²) < 4.78 is 48.1. The number of nitrogens with two attached hydrogens (primary N) is 1. The van der Waals surface area contributed by atoms with Crippen LogP contribution < -0.4 is 31.7 Å². The maximum absolute atomic E-state index is 12.9. The number of nitrogens with zero attached hydrogens (tertiary/aromatic N) is 3. The Kier molecular flexibility index (Phi) is 10.5. The number of hydrogen-bond acceptors (Lipinski definition) is 11. The predicted octanol–water partition coefficient (Wildman–Crippen LogP) is 2.57. The smallest absolute Gasteiger partial charge is 0.422 e. The molecule has 244 valence electrons. The Bertz CT molecular complexity index is 1590. The summed E-state index contributed by atoms with van der Waals surface area (Å²) >= 11 is 6.00. The minimum absolute atomic E-state index is 0.0287. The molecule has 0 unspecified atom stereocenters. The Hall–Kier alpha value is -5.19. The Morgan fingerprint density at radius 2 is 1.65 bits per heavy atom. The molecule has 1 fully saturated rings. The molecular weight excluding hydrogens is 637 g/mol. The van der Waals surface area contributed by atoms with Crippen molar-refractivity contribution >= 4 is 52.9 Å². The third-order valence-electron chi connectivity index (χ3n) is 6.61. The van der Waals surface area contributed by atoms with Crippen LogP contribution in [0.25, 0.3) is 0 Å². The van der Waals surface area contributed by atoms with Crippen molar-refractivity contribution in [2.45, 2.75) is 37.0 Å². The number of halogens is 4. The molecule has 1 aliphatic carbocycles. The van der Waals surface area contributed by atoms with Crippen LogP contribution in [0, 0.1) is 0 Å². The molecule has 0 radical (unpaired) electrons. The minimum atomic E-state index is -4.63. The van der Waals surface area contributed by atoms with Crippen molar-refractivity contribution in [3.05, 3.63) is 64.7 Å². The summed E-state index contributed by atoms with van der Waals surface area (Å²) in [6.07, 6.45) is -3.30. The van der Waals surface area contributed by atoms with Crippen molar-refractivity contribution < 1.29 is 41.8 Å². The number of hydrogen-bond donors (Lipinski definition) is 5. The number of rotatable bonds is 13. The fourth-order valence-electron chi connectivity index (χ4n) is 4.16. The van der Waals surface area contributed by atoms with Gasteiger partial charge in [-0.1, -0.05) is 23.7 Å². The van der Waals surface area contributed by atoms with Gasteiger partial charge in [0.2, 0.25) is 11.9 Å². The molecule has 3 aromatic rings. The van der Waals surface area contributed by atoms with Crippen LogP contribution in [0.2, 0.25) is 5.02 Å². The number of amides is 3. The summed E-state index contributed by atoms with van der Waals surface area (Å²) in [4.78, 5) is 59.4. The first-order valence-electron chi connectivity index (χ1n) is 13.6. The van der Waals surface area contributed by atoms with Gasteiger partial charge in [-0.15, -0.1) is 0 Å². The second-order valence-electron chi connectivity index (χ2n) is 10.0. The zero-order chi connectivity index (χ0) is 33.5. The van der Waals surface area contributed by atoms with E-state index in [-0.39, 0.29) is 30.4 Å². The van der Waals surface area contributed by atoms with Gasteiger partial charge in [0.05, 0.1) is 12.6 Å². The first-order valence-corrected chi connectivity index (χ1v) is 14.0. The Morgan fingerprint density at radius 1 is 1.00 bits per heavy atom. The standard InChI is InChI=1S/C28H28ClF3N8O6/c1-45-23(44)19(10-13-34-22(43)20(33)41)36-21(42)15-2-8-18(9-3-15)35-24-37-25(39-26(38-24)46-14-28(30,31)32)40-27(11-12-27)16-4-6-17(29)7-5-16/h2-9,19H,10-14H2,1H3,(H2,33,41)(H,34,43)(H,36,42)(H2,35,37,38,39,40)/t19-/m0/s1. The van der Waals surface area contributed by atoms with Crippen molar-refractivity contribution in [1.82, 2.24) is 25.6 Å². The molecule has 0 spiro atoms. The van der Waals surface area contributed by atoms with Crippen LogP contribution in [-0.4, -0.2) is 71.1 Å². The van der Waals surface area contributed by atoms with Crippen molar-refractivity contribution in [1.29, 1.82) is 0 Å².